The number of anilines is 2. The predicted molar refractivity (Wildman–Crippen MR) is 203 cm³/mol. The van der Waals surface area contributed by atoms with Crippen molar-refractivity contribution in [3.05, 3.63) is 97.1 Å². The fraction of sp³-hybridized carbons (Fsp3) is 0. The van der Waals surface area contributed by atoms with Crippen LogP contribution in [0.3, 0.4) is 0 Å². The summed E-state index contributed by atoms with van der Waals surface area (Å²) in [5.74, 6) is 0. The molecule has 6 aromatic rings. The molecule has 0 aliphatic carbocycles. The van der Waals surface area contributed by atoms with Crippen molar-refractivity contribution in [3.63, 3.8) is 0 Å². The Hall–Kier alpha value is -4.77. The van der Waals surface area contributed by atoms with Crippen molar-refractivity contribution < 1.29 is 89.9 Å². The Kier molecular flexibility index (Phi) is 12.1. The molecule has 0 aromatic heterocycles. The molecule has 6 rings (SSSR count). The van der Waals surface area contributed by atoms with Crippen LogP contribution in [0.2, 0.25) is 0 Å². The third-order valence-electron chi connectivity index (χ3n) is 8.15. The van der Waals surface area contributed by atoms with Gasteiger partial charge >= 0.3 is 29.6 Å². The number of sulfone groups is 1. The van der Waals surface area contributed by atoms with Crippen LogP contribution in [0.4, 0.5) is 34.1 Å². The van der Waals surface area contributed by atoms with Crippen LogP contribution in [0.25, 0.3) is 21.5 Å². The second-order valence-electron chi connectivity index (χ2n) is 11.8. The molecule has 0 aliphatic rings. The number of benzene rings is 6. The fourth-order valence-corrected chi connectivity index (χ4v) is 9.01. The predicted octanol–water partition coefficient (Wildman–Crippen LogP) is 2.81. The number of nitrogens with two attached hydrogens (primary N) is 2. The molecule has 0 saturated carbocycles. The van der Waals surface area contributed by atoms with Crippen LogP contribution in [-0.2, 0) is 50.3 Å². The summed E-state index contributed by atoms with van der Waals surface area (Å²) in [5.41, 5.74) is 10.4. The molecule has 26 heteroatoms. The Labute approximate surface area is 351 Å². The first-order chi connectivity index (χ1) is 26.4. The van der Waals surface area contributed by atoms with Crippen LogP contribution in [0.1, 0.15) is 0 Å². The molecule has 0 amide bonds. The first-order valence-electron chi connectivity index (χ1n) is 15.3. The van der Waals surface area contributed by atoms with Gasteiger partial charge in [-0.15, -0.1) is 10.2 Å². The van der Waals surface area contributed by atoms with E-state index in [1.165, 1.54) is 60.7 Å². The molecule has 8 N–H and O–H groups in total. The van der Waals surface area contributed by atoms with Crippen molar-refractivity contribution in [2.75, 3.05) is 11.5 Å². The van der Waals surface area contributed by atoms with Gasteiger partial charge in [-0.3, -0.25) is 18.2 Å². The largest absolute Gasteiger partial charge is 1.00 e. The van der Waals surface area contributed by atoms with Gasteiger partial charge in [0, 0.05) is 10.8 Å². The van der Waals surface area contributed by atoms with Crippen molar-refractivity contribution in [3.8, 4) is 0 Å². The van der Waals surface area contributed by atoms with Crippen molar-refractivity contribution in [1.29, 1.82) is 0 Å². The average Bonchev–Trinajstić information content (AvgIpc) is 3.12. The van der Waals surface area contributed by atoms with E-state index in [0.29, 0.717) is 0 Å². The first kappa shape index (κ1) is 44.3. The van der Waals surface area contributed by atoms with Crippen molar-refractivity contribution in [2.24, 2.45) is 20.5 Å². The number of azo groups is 2. The van der Waals surface area contributed by atoms with E-state index < -0.39 is 81.3 Å². The number of nitrogens with zero attached hydrogens (tertiary/aromatic N) is 4. The maximum absolute atomic E-state index is 13.4. The number of rotatable bonds is 10. The molecule has 296 valence electrons. The quantitative estimate of drug-likeness (QED) is 0.0498. The van der Waals surface area contributed by atoms with E-state index in [-0.39, 0.29) is 83.6 Å². The molecule has 20 nitrogen and oxygen atoms in total. The summed E-state index contributed by atoms with van der Waals surface area (Å²) in [4.78, 5) is -3.18. The van der Waals surface area contributed by atoms with Gasteiger partial charge in [-0.05, 0) is 95.7 Å². The Morgan fingerprint density at radius 3 is 1.00 bits per heavy atom. The van der Waals surface area contributed by atoms with Gasteiger partial charge in [-0.2, -0.15) is 43.9 Å². The second-order valence-corrected chi connectivity index (χ2v) is 19.4. The van der Waals surface area contributed by atoms with E-state index >= 15 is 0 Å². The molecule has 0 unspecified atom stereocenters. The molecule has 0 atom stereocenters. The number of nitrogen functional groups attached to an aromatic ring is 2. The molecule has 0 fully saturated rings. The van der Waals surface area contributed by atoms with Crippen LogP contribution in [-0.4, -0.2) is 60.3 Å². The van der Waals surface area contributed by atoms with Crippen LogP contribution in [0.15, 0.2) is 147 Å². The SMILES string of the molecule is Nc1c(S(=O)(=O)O)cc2cc(S(=O)(=O)O)ccc2c1N=Nc1ccc(S(=O)(=O)c2ccc(N=Nc3c(N)c(S(=O)(=O)O)cc4cc(S(=O)(=O)O)ccc34)cc2)cc1.[Na+]. The number of fused-ring (bicyclic) bond motifs is 2. The van der Waals surface area contributed by atoms with Gasteiger partial charge in [-0.1, -0.05) is 12.1 Å². The third-order valence-corrected chi connectivity index (χ3v) is 13.4. The zero-order valence-corrected chi connectivity index (χ0v) is 35.2. The van der Waals surface area contributed by atoms with E-state index in [0.717, 1.165) is 36.4 Å². The Morgan fingerprint density at radius 1 is 0.397 bits per heavy atom. The fourth-order valence-electron chi connectivity index (χ4n) is 5.41. The molecule has 0 saturated heterocycles. The zero-order chi connectivity index (χ0) is 41.9. The standard InChI is InChI=1S/C32H24N6O14S5.Na/c33-29-27(56(47,48)49)15-17-13-23(54(41,42)43)9-11-25(17)31(29)37-35-19-1-5-21(6-2-19)53(39,40)22-7-3-20(4-8-22)36-38-32-26-12-10-24(55(44,45)46)14-18(26)16-28(30(32)34)57(50,51)52;/h1-16H,33-34H2,(H,41,42,43)(H,44,45,46)(H,47,48,49)(H,50,51,52);/q;+1. The molecule has 0 heterocycles. The molecule has 0 spiro atoms. The summed E-state index contributed by atoms with van der Waals surface area (Å²) < 4.78 is 160. The van der Waals surface area contributed by atoms with Crippen molar-refractivity contribution >= 4 is 106 Å². The van der Waals surface area contributed by atoms with Gasteiger partial charge < -0.3 is 11.5 Å². The maximum Gasteiger partial charge on any atom is 1.00 e. The molecular formula is C32H24N6NaO14S5+. The minimum absolute atomic E-state index is 0. The summed E-state index contributed by atoms with van der Waals surface area (Å²) >= 11 is 0. The summed E-state index contributed by atoms with van der Waals surface area (Å²) in [5, 5.41) is 15.9. The van der Waals surface area contributed by atoms with Gasteiger partial charge in [0.05, 0.1) is 42.3 Å². The van der Waals surface area contributed by atoms with Crippen LogP contribution in [0.5, 0.6) is 0 Å². The van der Waals surface area contributed by atoms with E-state index in [9.17, 15) is 60.3 Å². The van der Waals surface area contributed by atoms with Gasteiger partial charge in [-0.25, -0.2) is 8.42 Å². The van der Waals surface area contributed by atoms with E-state index in [4.69, 9.17) is 11.5 Å². The number of hydrogen-bond donors (Lipinski definition) is 6. The molecule has 0 bridgehead atoms. The maximum atomic E-state index is 13.4. The summed E-state index contributed by atoms with van der Waals surface area (Å²) in [6, 6.07) is 17.8. The Bertz CT molecular complexity index is 3090. The van der Waals surface area contributed by atoms with Crippen molar-refractivity contribution in [1.82, 2.24) is 0 Å². The third kappa shape index (κ3) is 9.09. The summed E-state index contributed by atoms with van der Waals surface area (Å²) in [6.45, 7) is 0. The summed E-state index contributed by atoms with van der Waals surface area (Å²) in [7, 11) is -23.4. The molecule has 0 radical (unpaired) electrons. The zero-order valence-electron chi connectivity index (χ0n) is 29.1. The normalized spacial score (nSPS) is 13.0. The van der Waals surface area contributed by atoms with E-state index in [1.54, 1.807) is 0 Å². The van der Waals surface area contributed by atoms with E-state index in [1.807, 2.05) is 0 Å². The van der Waals surface area contributed by atoms with Gasteiger partial charge in [0.15, 0.2) is 0 Å². The first-order valence-corrected chi connectivity index (χ1v) is 22.5. The van der Waals surface area contributed by atoms with Crippen molar-refractivity contribution in [2.45, 2.75) is 29.4 Å². The van der Waals surface area contributed by atoms with Crippen LogP contribution >= 0.6 is 0 Å². The van der Waals surface area contributed by atoms with Crippen LogP contribution < -0.4 is 41.0 Å². The van der Waals surface area contributed by atoms with E-state index in [2.05, 4.69) is 20.5 Å². The topological polar surface area (TPSA) is 353 Å². The molecule has 0 aliphatic heterocycles. The minimum Gasteiger partial charge on any atom is -0.396 e. The van der Waals surface area contributed by atoms with Crippen LogP contribution in [0, 0.1) is 0 Å². The van der Waals surface area contributed by atoms with Gasteiger partial charge in [0.25, 0.3) is 40.5 Å². The monoisotopic (exact) mass is 899 g/mol. The molecule has 6 aromatic carbocycles. The van der Waals surface area contributed by atoms with Gasteiger partial charge in [0.2, 0.25) is 9.84 Å². The summed E-state index contributed by atoms with van der Waals surface area (Å²) in [6.07, 6.45) is 0. The smallest absolute Gasteiger partial charge is 0.396 e. The molecular weight excluding hydrogens is 876 g/mol. The number of hydrogen-bond acceptors (Lipinski definition) is 16. The Balaban J connectivity index is 0.00000641. The minimum atomic E-state index is -4.94. The average molecular weight is 900 g/mol. The van der Waals surface area contributed by atoms with Gasteiger partial charge in [0.1, 0.15) is 21.2 Å². The second kappa shape index (κ2) is 15.8. The molecule has 58 heavy (non-hydrogen) atoms. The Morgan fingerprint density at radius 2 is 0.707 bits per heavy atom.